The summed E-state index contributed by atoms with van der Waals surface area (Å²) in [5.74, 6) is 0. The van der Waals surface area contributed by atoms with Gasteiger partial charge < -0.3 is 4.57 Å². The quantitative estimate of drug-likeness (QED) is 0.512. The average Bonchev–Trinajstić information content (AvgIpc) is 2.98. The first kappa shape index (κ1) is 20.0. The highest BCUT2D eigenvalue weighted by molar-refractivity contribution is 5.89. The van der Waals surface area contributed by atoms with Crippen LogP contribution in [-0.2, 0) is 25.6 Å². The fourth-order valence-electron chi connectivity index (χ4n) is 4.71. The molecule has 0 saturated carbocycles. The van der Waals surface area contributed by atoms with Gasteiger partial charge in [-0.05, 0) is 63.1 Å². The molecule has 2 nitrogen and oxygen atoms in total. The van der Waals surface area contributed by atoms with E-state index in [1.165, 1.54) is 39.9 Å². The predicted octanol–water partition coefficient (Wildman–Crippen LogP) is 6.15. The van der Waals surface area contributed by atoms with Crippen LogP contribution < -0.4 is 0 Å². The molecule has 0 amide bonds. The Bertz CT molecular complexity index is 1030. The molecular formula is C24H27F3N2. The molecule has 2 aromatic carbocycles. The summed E-state index contributed by atoms with van der Waals surface area (Å²) in [7, 11) is 2.18. The molecule has 0 spiro atoms. The van der Waals surface area contributed by atoms with E-state index in [2.05, 4.69) is 55.5 Å². The number of aryl methyl sites for hydroxylation is 3. The van der Waals surface area contributed by atoms with Gasteiger partial charge in [0.2, 0.25) is 0 Å². The molecule has 1 aliphatic heterocycles. The summed E-state index contributed by atoms with van der Waals surface area (Å²) < 4.78 is 40.9. The Morgan fingerprint density at radius 2 is 1.72 bits per heavy atom. The molecule has 3 aromatic rings. The molecule has 0 N–H and O–H groups in total. The molecule has 0 saturated heterocycles. The van der Waals surface area contributed by atoms with Gasteiger partial charge in [0, 0.05) is 36.1 Å². The van der Waals surface area contributed by atoms with Gasteiger partial charge in [-0.15, -0.1) is 0 Å². The minimum absolute atomic E-state index is 0.338. The topological polar surface area (TPSA) is 8.17 Å². The second-order valence-electron chi connectivity index (χ2n) is 8.32. The zero-order valence-electron chi connectivity index (χ0n) is 17.3. The lowest BCUT2D eigenvalue weighted by Gasteiger charge is -2.36. The number of nitrogens with zero attached hydrogens (tertiary/aromatic N) is 2. The van der Waals surface area contributed by atoms with E-state index in [9.17, 15) is 13.2 Å². The Kier molecular flexibility index (Phi) is 4.97. The maximum atomic E-state index is 12.8. The first-order valence-corrected chi connectivity index (χ1v) is 10.2. The minimum Gasteiger partial charge on any atom is -0.344 e. The van der Waals surface area contributed by atoms with E-state index >= 15 is 0 Å². The number of hydrogen-bond donors (Lipinski definition) is 0. The highest BCUT2D eigenvalue weighted by atomic mass is 19.4. The molecule has 0 aliphatic carbocycles. The number of likely N-dealkylation sites (N-methyl/N-ethyl adjacent to an activating group) is 1. The van der Waals surface area contributed by atoms with Gasteiger partial charge >= 0.3 is 6.18 Å². The van der Waals surface area contributed by atoms with Gasteiger partial charge in [-0.1, -0.05) is 30.3 Å². The lowest BCUT2D eigenvalue weighted by atomic mass is 9.93. The Morgan fingerprint density at radius 1 is 1.03 bits per heavy atom. The summed E-state index contributed by atoms with van der Waals surface area (Å²) in [5.41, 5.74) is 5.62. The molecule has 4 rings (SSSR count). The summed E-state index contributed by atoms with van der Waals surface area (Å²) in [6.07, 6.45) is -2.59. The predicted molar refractivity (Wildman–Crippen MR) is 111 cm³/mol. The molecule has 154 valence electrons. The van der Waals surface area contributed by atoms with Crippen LogP contribution >= 0.6 is 0 Å². The molecule has 1 aromatic heterocycles. The van der Waals surface area contributed by atoms with Crippen LogP contribution in [0, 0.1) is 6.92 Å². The third-order valence-corrected chi connectivity index (χ3v) is 6.55. The zero-order valence-corrected chi connectivity index (χ0v) is 17.3. The highest BCUT2D eigenvalue weighted by Gasteiger charge is 2.32. The van der Waals surface area contributed by atoms with Gasteiger partial charge in [-0.25, -0.2) is 0 Å². The number of aromatic nitrogens is 1. The highest BCUT2D eigenvalue weighted by Crippen LogP contribution is 2.40. The third-order valence-electron chi connectivity index (χ3n) is 6.55. The van der Waals surface area contributed by atoms with Crippen molar-refractivity contribution in [3.8, 4) is 0 Å². The lowest BCUT2D eigenvalue weighted by molar-refractivity contribution is -0.137. The molecule has 29 heavy (non-hydrogen) atoms. The van der Waals surface area contributed by atoms with Crippen molar-refractivity contribution in [3.05, 3.63) is 70.4 Å². The summed E-state index contributed by atoms with van der Waals surface area (Å²) in [6.45, 7) is 7.42. The Hall–Kier alpha value is -2.27. The van der Waals surface area contributed by atoms with E-state index in [-0.39, 0.29) is 0 Å². The third kappa shape index (κ3) is 3.46. The van der Waals surface area contributed by atoms with Crippen LogP contribution in [0.25, 0.3) is 10.9 Å². The van der Waals surface area contributed by atoms with Crippen molar-refractivity contribution < 1.29 is 13.2 Å². The van der Waals surface area contributed by atoms with Crippen LogP contribution in [0.4, 0.5) is 13.2 Å². The van der Waals surface area contributed by atoms with Crippen molar-refractivity contribution >= 4 is 10.9 Å². The number of halogens is 3. The number of hydrogen-bond acceptors (Lipinski definition) is 1. The second-order valence-corrected chi connectivity index (χ2v) is 8.32. The van der Waals surface area contributed by atoms with Gasteiger partial charge in [0.05, 0.1) is 11.1 Å². The Labute approximate surface area is 169 Å². The van der Waals surface area contributed by atoms with E-state index < -0.39 is 11.7 Å². The fourth-order valence-corrected chi connectivity index (χ4v) is 4.71. The molecular weight excluding hydrogens is 373 g/mol. The van der Waals surface area contributed by atoms with Crippen LogP contribution in [0.15, 0.2) is 42.5 Å². The van der Waals surface area contributed by atoms with E-state index in [0.717, 1.165) is 18.5 Å². The summed E-state index contributed by atoms with van der Waals surface area (Å²) in [6, 6.07) is 12.8. The van der Waals surface area contributed by atoms with Crippen molar-refractivity contribution in [2.45, 2.75) is 58.4 Å². The summed E-state index contributed by atoms with van der Waals surface area (Å²) >= 11 is 0. The number of alkyl halides is 3. The maximum absolute atomic E-state index is 12.8. The number of para-hydroxylation sites is 1. The van der Waals surface area contributed by atoms with Crippen molar-refractivity contribution in [2.75, 3.05) is 7.05 Å². The molecule has 1 aliphatic rings. The number of fused-ring (bicyclic) bond motifs is 3. The number of rotatable bonds is 3. The minimum atomic E-state index is -4.29. The van der Waals surface area contributed by atoms with Crippen LogP contribution in [-0.4, -0.2) is 22.6 Å². The van der Waals surface area contributed by atoms with Gasteiger partial charge in [-0.3, -0.25) is 4.90 Å². The first-order chi connectivity index (χ1) is 13.7. The smallest absolute Gasteiger partial charge is 0.344 e. The second kappa shape index (κ2) is 7.21. The van der Waals surface area contributed by atoms with E-state index in [0.29, 0.717) is 18.5 Å². The largest absolute Gasteiger partial charge is 0.416 e. The normalized spacial score (nSPS) is 20.2. The standard InChI is InChI=1S/C24H27F3N2/c1-15-6-5-7-20-22-17(3)28(4)16(2)14-21(22)29(23(15)20)13-12-18-8-10-19(11-9-18)24(25,26)27/h5-11,16-17H,12-14H2,1-4H3. The molecule has 5 heteroatoms. The Morgan fingerprint density at radius 3 is 2.38 bits per heavy atom. The van der Waals surface area contributed by atoms with Crippen molar-refractivity contribution in [3.63, 3.8) is 0 Å². The van der Waals surface area contributed by atoms with Crippen molar-refractivity contribution in [1.29, 1.82) is 0 Å². The molecule has 2 atom stereocenters. The van der Waals surface area contributed by atoms with Gasteiger partial charge in [0.15, 0.2) is 0 Å². The molecule has 0 bridgehead atoms. The molecule has 0 fully saturated rings. The molecule has 2 heterocycles. The number of benzene rings is 2. The molecule has 2 unspecified atom stereocenters. The zero-order chi connectivity index (χ0) is 20.9. The van der Waals surface area contributed by atoms with Crippen LogP contribution in [0.2, 0.25) is 0 Å². The Balaban J connectivity index is 1.72. The fraction of sp³-hybridized carbons (Fsp3) is 0.417. The summed E-state index contributed by atoms with van der Waals surface area (Å²) in [5, 5.41) is 1.30. The monoisotopic (exact) mass is 400 g/mol. The van der Waals surface area contributed by atoms with Crippen molar-refractivity contribution in [2.24, 2.45) is 0 Å². The van der Waals surface area contributed by atoms with E-state index in [1.54, 1.807) is 12.1 Å². The van der Waals surface area contributed by atoms with Crippen LogP contribution in [0.1, 0.15) is 47.8 Å². The van der Waals surface area contributed by atoms with Gasteiger partial charge in [-0.2, -0.15) is 13.2 Å². The van der Waals surface area contributed by atoms with E-state index in [1.807, 2.05) is 0 Å². The van der Waals surface area contributed by atoms with E-state index in [4.69, 9.17) is 0 Å². The maximum Gasteiger partial charge on any atom is 0.416 e. The van der Waals surface area contributed by atoms with Crippen LogP contribution in [0.5, 0.6) is 0 Å². The van der Waals surface area contributed by atoms with Gasteiger partial charge in [0.25, 0.3) is 0 Å². The average molecular weight is 400 g/mol. The van der Waals surface area contributed by atoms with Crippen molar-refractivity contribution in [1.82, 2.24) is 9.47 Å². The van der Waals surface area contributed by atoms with Crippen LogP contribution in [0.3, 0.4) is 0 Å². The summed E-state index contributed by atoms with van der Waals surface area (Å²) in [4.78, 5) is 2.42. The molecule has 0 radical (unpaired) electrons. The SMILES string of the molecule is Cc1cccc2c3c(n(CCc4ccc(C(F)(F)F)cc4)c12)CC(C)N(C)C3C. The van der Waals surface area contributed by atoms with Gasteiger partial charge in [0.1, 0.15) is 0 Å². The lowest BCUT2D eigenvalue weighted by Crippen LogP contribution is -2.38. The first-order valence-electron chi connectivity index (χ1n) is 10.2.